The van der Waals surface area contributed by atoms with E-state index in [-0.39, 0.29) is 11.8 Å². The maximum Gasteiger partial charge on any atom is 0.259 e. The number of rotatable bonds is 10. The molecule has 3 nitrogen and oxygen atoms in total. The molecule has 5 rings (SSSR count). The lowest BCUT2D eigenvalue weighted by atomic mass is 9.84. The molecule has 0 saturated heterocycles. The maximum absolute atomic E-state index is 14.3. The van der Waals surface area contributed by atoms with Crippen LogP contribution >= 0.6 is 0 Å². The second-order valence-electron chi connectivity index (χ2n) is 10.8. The summed E-state index contributed by atoms with van der Waals surface area (Å²) in [6.45, 7) is 12.1. The molecule has 1 amide bonds. The molecular weight excluding hydrogens is 466 g/mol. The smallest absolute Gasteiger partial charge is 0.259 e. The van der Waals surface area contributed by atoms with E-state index in [4.69, 9.17) is 4.74 Å². The summed E-state index contributed by atoms with van der Waals surface area (Å²) in [5.41, 5.74) is 9.16. The monoisotopic (exact) mass is 505 g/mol. The van der Waals surface area contributed by atoms with Crippen molar-refractivity contribution in [3.63, 3.8) is 0 Å². The number of hydrogen-bond donors (Lipinski definition) is 0. The van der Waals surface area contributed by atoms with Crippen molar-refractivity contribution in [1.29, 1.82) is 0 Å². The van der Waals surface area contributed by atoms with E-state index in [0.717, 1.165) is 64.8 Å². The molecule has 0 fully saturated rings. The van der Waals surface area contributed by atoms with Crippen molar-refractivity contribution in [1.82, 2.24) is 0 Å². The number of carbonyl (C=O) groups excluding carboxylic acids is 1. The van der Waals surface area contributed by atoms with Gasteiger partial charge >= 0.3 is 0 Å². The van der Waals surface area contributed by atoms with Gasteiger partial charge in [0.25, 0.3) is 5.91 Å². The fourth-order valence-electron chi connectivity index (χ4n) is 6.00. The van der Waals surface area contributed by atoms with Crippen molar-refractivity contribution < 1.29 is 9.53 Å². The Hall–Kier alpha value is -3.59. The lowest BCUT2D eigenvalue weighted by Gasteiger charge is -2.25. The van der Waals surface area contributed by atoms with Crippen LogP contribution in [-0.2, 0) is 26.0 Å². The maximum atomic E-state index is 14.3. The van der Waals surface area contributed by atoms with E-state index in [1.54, 1.807) is 0 Å². The van der Waals surface area contributed by atoms with Crippen LogP contribution in [0.3, 0.4) is 0 Å². The van der Waals surface area contributed by atoms with Crippen LogP contribution in [-0.4, -0.2) is 5.91 Å². The largest absolute Gasteiger partial charge is 0.486 e. The molecule has 1 heterocycles. The summed E-state index contributed by atoms with van der Waals surface area (Å²) in [4.78, 5) is 16.3. The van der Waals surface area contributed by atoms with Crippen LogP contribution < -0.4 is 9.64 Å². The molecule has 196 valence electrons. The first-order chi connectivity index (χ1) is 18.5. The number of aryl methyl sites for hydroxylation is 1. The third kappa shape index (κ3) is 4.60. The van der Waals surface area contributed by atoms with Gasteiger partial charge in [-0.1, -0.05) is 101 Å². The Morgan fingerprint density at radius 2 is 1.45 bits per heavy atom. The number of hydrogen-bond acceptors (Lipinski definition) is 2. The van der Waals surface area contributed by atoms with Gasteiger partial charge in [0.2, 0.25) is 0 Å². The van der Waals surface area contributed by atoms with Crippen LogP contribution in [0.5, 0.6) is 5.75 Å². The number of ether oxygens (including phenoxy) is 1. The molecule has 0 radical (unpaired) electrons. The van der Waals surface area contributed by atoms with Crippen molar-refractivity contribution in [3.8, 4) is 5.75 Å². The Morgan fingerprint density at radius 3 is 2.05 bits per heavy atom. The first-order valence-electron chi connectivity index (χ1n) is 14.1. The molecule has 3 heteroatoms. The lowest BCUT2D eigenvalue weighted by molar-refractivity contribution is 0.0990. The Labute approximate surface area is 227 Å². The van der Waals surface area contributed by atoms with Gasteiger partial charge < -0.3 is 4.74 Å². The summed E-state index contributed by atoms with van der Waals surface area (Å²) in [6.07, 6.45) is 4.15. The van der Waals surface area contributed by atoms with E-state index in [0.29, 0.717) is 13.2 Å². The Kier molecular flexibility index (Phi) is 7.56. The Bertz CT molecular complexity index is 1450. The van der Waals surface area contributed by atoms with Gasteiger partial charge in [0.15, 0.2) is 0 Å². The fourth-order valence-corrected chi connectivity index (χ4v) is 6.00. The predicted octanol–water partition coefficient (Wildman–Crippen LogP) is 8.92. The van der Waals surface area contributed by atoms with Crippen molar-refractivity contribution in [3.05, 3.63) is 106 Å². The van der Waals surface area contributed by atoms with Crippen molar-refractivity contribution >= 4 is 22.4 Å². The highest BCUT2D eigenvalue weighted by atomic mass is 16.5. The van der Waals surface area contributed by atoms with Crippen molar-refractivity contribution in [2.45, 2.75) is 79.4 Å². The molecule has 0 atom stereocenters. The van der Waals surface area contributed by atoms with Gasteiger partial charge in [-0.2, -0.15) is 0 Å². The van der Waals surface area contributed by atoms with E-state index in [2.05, 4.69) is 65.0 Å². The SMILES string of the molecule is CCCc1c(C)c2c3c(c(OCc4ccccc4)c(C(C)C)cc3c1CCC)N(Cc1ccccc1)C2=O. The summed E-state index contributed by atoms with van der Waals surface area (Å²) >= 11 is 0. The standard InChI is InChI=1S/C35H39NO2/c1-6-14-27-24(5)31-32-30(28(27)15-7-2)20-29(23(3)4)34(38-22-26-18-12-9-13-19-26)33(32)36(35(31)37)21-25-16-10-8-11-17-25/h8-13,16-20,23H,6-7,14-15,21-22H2,1-5H3. The summed E-state index contributed by atoms with van der Waals surface area (Å²) < 4.78 is 6.69. The zero-order chi connectivity index (χ0) is 26.8. The topological polar surface area (TPSA) is 29.5 Å². The Morgan fingerprint density at radius 1 is 0.842 bits per heavy atom. The normalized spacial score (nSPS) is 12.7. The van der Waals surface area contributed by atoms with Crippen LogP contribution in [0.25, 0.3) is 10.8 Å². The minimum atomic E-state index is 0.0946. The van der Waals surface area contributed by atoms with Gasteiger partial charge in [0.1, 0.15) is 12.4 Å². The van der Waals surface area contributed by atoms with Gasteiger partial charge in [-0.3, -0.25) is 9.69 Å². The molecule has 4 aromatic rings. The van der Waals surface area contributed by atoms with E-state index < -0.39 is 0 Å². The van der Waals surface area contributed by atoms with E-state index in [1.807, 2.05) is 41.3 Å². The van der Waals surface area contributed by atoms with Crippen LogP contribution in [0.4, 0.5) is 5.69 Å². The van der Waals surface area contributed by atoms with Crippen molar-refractivity contribution in [2.75, 3.05) is 4.90 Å². The summed E-state index contributed by atoms with van der Waals surface area (Å²) in [7, 11) is 0. The second kappa shape index (κ2) is 11.0. The third-order valence-electron chi connectivity index (χ3n) is 7.81. The molecule has 0 N–H and O–H groups in total. The lowest BCUT2D eigenvalue weighted by Crippen LogP contribution is -2.27. The average molecular weight is 506 g/mol. The molecule has 38 heavy (non-hydrogen) atoms. The zero-order valence-electron chi connectivity index (χ0n) is 23.4. The van der Waals surface area contributed by atoms with Crippen LogP contribution in [0.1, 0.15) is 90.2 Å². The number of anilines is 1. The number of carbonyl (C=O) groups is 1. The van der Waals surface area contributed by atoms with Crippen LogP contribution in [0.2, 0.25) is 0 Å². The number of amides is 1. The molecule has 0 aliphatic carbocycles. The van der Waals surface area contributed by atoms with E-state index in [9.17, 15) is 4.79 Å². The summed E-state index contributed by atoms with van der Waals surface area (Å²) in [5.74, 6) is 1.20. The second-order valence-corrected chi connectivity index (χ2v) is 10.8. The molecule has 0 bridgehead atoms. The molecule has 0 saturated carbocycles. The van der Waals surface area contributed by atoms with Gasteiger partial charge in [0, 0.05) is 5.39 Å². The first kappa shape index (κ1) is 26.0. The molecular formula is C35H39NO2. The highest BCUT2D eigenvalue weighted by Crippen LogP contribution is 2.51. The average Bonchev–Trinajstić information content (AvgIpc) is 3.21. The van der Waals surface area contributed by atoms with Crippen molar-refractivity contribution in [2.24, 2.45) is 0 Å². The van der Waals surface area contributed by atoms with Crippen LogP contribution in [0.15, 0.2) is 66.7 Å². The van der Waals surface area contributed by atoms with Gasteiger partial charge in [0.05, 0.1) is 17.8 Å². The van der Waals surface area contributed by atoms with Gasteiger partial charge in [-0.05, 0) is 70.5 Å². The van der Waals surface area contributed by atoms with E-state index in [1.165, 1.54) is 22.1 Å². The fraction of sp³-hybridized carbons (Fsp3) is 0.343. The van der Waals surface area contributed by atoms with E-state index >= 15 is 0 Å². The number of nitrogens with zero attached hydrogens (tertiary/aromatic N) is 1. The molecule has 1 aliphatic heterocycles. The minimum absolute atomic E-state index is 0.0946. The number of benzene rings is 4. The quantitative estimate of drug-likeness (QED) is 0.215. The summed E-state index contributed by atoms with van der Waals surface area (Å²) in [5, 5.41) is 2.32. The zero-order valence-corrected chi connectivity index (χ0v) is 23.4. The third-order valence-corrected chi connectivity index (χ3v) is 7.81. The van der Waals surface area contributed by atoms with Crippen LogP contribution in [0, 0.1) is 6.92 Å². The molecule has 0 spiro atoms. The molecule has 0 aromatic heterocycles. The minimum Gasteiger partial charge on any atom is -0.486 e. The Balaban J connectivity index is 1.80. The predicted molar refractivity (Wildman–Crippen MR) is 158 cm³/mol. The first-order valence-corrected chi connectivity index (χ1v) is 14.1. The summed E-state index contributed by atoms with van der Waals surface area (Å²) in [6, 6.07) is 22.9. The molecule has 4 aromatic carbocycles. The van der Waals surface area contributed by atoms with Gasteiger partial charge in [-0.15, -0.1) is 0 Å². The van der Waals surface area contributed by atoms with Gasteiger partial charge in [-0.25, -0.2) is 0 Å². The highest BCUT2D eigenvalue weighted by molar-refractivity contribution is 6.28. The molecule has 0 unspecified atom stereocenters. The highest BCUT2D eigenvalue weighted by Gasteiger charge is 2.38. The molecule has 1 aliphatic rings.